The van der Waals surface area contributed by atoms with E-state index in [4.69, 9.17) is 18.9 Å². The van der Waals surface area contributed by atoms with Gasteiger partial charge in [0.15, 0.2) is 12.1 Å². The summed E-state index contributed by atoms with van der Waals surface area (Å²) in [6, 6.07) is 0. The summed E-state index contributed by atoms with van der Waals surface area (Å²) in [5.41, 5.74) is 0. The van der Waals surface area contributed by atoms with Gasteiger partial charge in [-0.15, -0.1) is 0 Å². The van der Waals surface area contributed by atoms with Gasteiger partial charge in [0, 0.05) is 13.0 Å². The molecular formula is C13H24O5. The number of fused-ring (bicyclic) bond motifs is 1. The average molecular weight is 260 g/mol. The number of ether oxygens (including phenoxy) is 4. The van der Waals surface area contributed by atoms with Crippen LogP contribution in [0.2, 0.25) is 0 Å². The van der Waals surface area contributed by atoms with Crippen LogP contribution in [0.3, 0.4) is 0 Å². The van der Waals surface area contributed by atoms with Crippen molar-refractivity contribution in [2.75, 3.05) is 13.2 Å². The van der Waals surface area contributed by atoms with Crippen molar-refractivity contribution in [3.63, 3.8) is 0 Å². The third-order valence-corrected chi connectivity index (χ3v) is 3.28. The van der Waals surface area contributed by atoms with E-state index in [9.17, 15) is 5.11 Å². The van der Waals surface area contributed by atoms with Gasteiger partial charge in [-0.3, -0.25) is 0 Å². The van der Waals surface area contributed by atoms with Crippen LogP contribution in [-0.4, -0.2) is 48.7 Å². The second-order valence-corrected chi connectivity index (χ2v) is 5.45. The normalized spacial score (nSPS) is 38.7. The average Bonchev–Trinajstić information content (AvgIpc) is 2.60. The van der Waals surface area contributed by atoms with Crippen molar-refractivity contribution < 1.29 is 24.1 Å². The van der Waals surface area contributed by atoms with Gasteiger partial charge >= 0.3 is 0 Å². The van der Waals surface area contributed by atoms with Crippen molar-refractivity contribution in [3.05, 3.63) is 0 Å². The summed E-state index contributed by atoms with van der Waals surface area (Å²) in [6.45, 7) is 7.07. The van der Waals surface area contributed by atoms with Crippen molar-refractivity contribution in [1.82, 2.24) is 0 Å². The van der Waals surface area contributed by atoms with E-state index < -0.39 is 12.1 Å². The van der Waals surface area contributed by atoms with Crippen LogP contribution in [-0.2, 0) is 18.9 Å². The van der Waals surface area contributed by atoms with Crippen LogP contribution in [0.15, 0.2) is 0 Å². The SMILES string of the molecule is CCCCOCC1CC2OC(C)(C)OC2C(O)O1. The highest BCUT2D eigenvalue weighted by Gasteiger charge is 2.49. The Morgan fingerprint density at radius 2 is 2.11 bits per heavy atom. The smallest absolute Gasteiger partial charge is 0.184 e. The molecule has 0 amide bonds. The Balaban J connectivity index is 1.80. The molecule has 2 fully saturated rings. The van der Waals surface area contributed by atoms with Crippen LogP contribution >= 0.6 is 0 Å². The molecule has 2 saturated heterocycles. The quantitative estimate of drug-likeness (QED) is 0.758. The fourth-order valence-electron chi connectivity index (χ4n) is 2.44. The number of hydrogen-bond acceptors (Lipinski definition) is 5. The summed E-state index contributed by atoms with van der Waals surface area (Å²) in [7, 11) is 0. The van der Waals surface area contributed by atoms with E-state index in [-0.39, 0.29) is 18.3 Å². The Bertz CT molecular complexity index is 268. The number of hydrogen-bond donors (Lipinski definition) is 1. The van der Waals surface area contributed by atoms with Gasteiger partial charge in [0.25, 0.3) is 0 Å². The highest BCUT2D eigenvalue weighted by molar-refractivity contribution is 4.89. The molecule has 0 bridgehead atoms. The molecule has 2 rings (SSSR count). The van der Waals surface area contributed by atoms with E-state index in [2.05, 4.69) is 6.92 Å². The van der Waals surface area contributed by atoms with Gasteiger partial charge in [0.2, 0.25) is 0 Å². The molecule has 0 aromatic rings. The van der Waals surface area contributed by atoms with Crippen molar-refractivity contribution in [3.8, 4) is 0 Å². The first-order chi connectivity index (χ1) is 8.52. The molecule has 2 aliphatic rings. The maximum absolute atomic E-state index is 9.90. The molecule has 0 saturated carbocycles. The minimum atomic E-state index is -0.926. The third kappa shape index (κ3) is 3.42. The minimum Gasteiger partial charge on any atom is -0.379 e. The summed E-state index contributed by atoms with van der Waals surface area (Å²) in [5.74, 6) is -0.641. The van der Waals surface area contributed by atoms with Gasteiger partial charge < -0.3 is 24.1 Å². The van der Waals surface area contributed by atoms with Gasteiger partial charge in [-0.05, 0) is 20.3 Å². The van der Waals surface area contributed by atoms with Gasteiger partial charge in [-0.1, -0.05) is 13.3 Å². The van der Waals surface area contributed by atoms with E-state index in [0.717, 1.165) is 19.4 Å². The topological polar surface area (TPSA) is 57.2 Å². The van der Waals surface area contributed by atoms with E-state index in [1.54, 1.807) is 0 Å². The molecule has 106 valence electrons. The largest absolute Gasteiger partial charge is 0.379 e. The van der Waals surface area contributed by atoms with Crippen LogP contribution in [0, 0.1) is 0 Å². The third-order valence-electron chi connectivity index (χ3n) is 3.28. The fraction of sp³-hybridized carbons (Fsp3) is 1.00. The summed E-state index contributed by atoms with van der Waals surface area (Å²) in [6.07, 6.45) is 1.34. The number of aliphatic hydroxyl groups is 1. The highest BCUT2D eigenvalue weighted by Crippen LogP contribution is 2.36. The predicted octanol–water partition coefficient (Wildman–Crippen LogP) is 1.43. The second kappa shape index (κ2) is 5.84. The zero-order valence-corrected chi connectivity index (χ0v) is 11.4. The van der Waals surface area contributed by atoms with Gasteiger partial charge in [-0.2, -0.15) is 0 Å². The maximum Gasteiger partial charge on any atom is 0.184 e. The number of unbranched alkanes of at least 4 members (excludes halogenated alkanes) is 1. The molecule has 0 radical (unpaired) electrons. The molecule has 4 unspecified atom stereocenters. The van der Waals surface area contributed by atoms with Crippen LogP contribution in [0.1, 0.15) is 40.0 Å². The standard InChI is InChI=1S/C13H24O5/c1-4-5-6-15-8-9-7-10-11(12(14)16-9)18-13(2,3)17-10/h9-12,14H,4-8H2,1-3H3. The molecule has 0 aromatic heterocycles. The lowest BCUT2D eigenvalue weighted by molar-refractivity contribution is -0.237. The zero-order chi connectivity index (χ0) is 13.2. The first-order valence-corrected chi connectivity index (χ1v) is 6.79. The van der Waals surface area contributed by atoms with Crippen molar-refractivity contribution in [1.29, 1.82) is 0 Å². The van der Waals surface area contributed by atoms with Gasteiger partial charge in [0.05, 0.1) is 18.8 Å². The Morgan fingerprint density at radius 3 is 2.83 bits per heavy atom. The molecule has 0 aromatic carbocycles. The minimum absolute atomic E-state index is 0.108. The first-order valence-electron chi connectivity index (χ1n) is 6.79. The lowest BCUT2D eigenvalue weighted by Crippen LogP contribution is -2.47. The molecule has 2 heterocycles. The molecule has 18 heavy (non-hydrogen) atoms. The van der Waals surface area contributed by atoms with E-state index in [0.29, 0.717) is 13.0 Å². The predicted molar refractivity (Wildman–Crippen MR) is 65.0 cm³/mol. The molecule has 0 spiro atoms. The first kappa shape index (κ1) is 14.2. The number of rotatable bonds is 5. The lowest BCUT2D eigenvalue weighted by atomic mass is 10.0. The molecule has 4 atom stereocenters. The van der Waals surface area contributed by atoms with Crippen LogP contribution in [0.5, 0.6) is 0 Å². The summed E-state index contributed by atoms with van der Waals surface area (Å²) in [4.78, 5) is 0. The van der Waals surface area contributed by atoms with Crippen molar-refractivity contribution in [2.45, 2.75) is 70.4 Å². The Morgan fingerprint density at radius 1 is 1.33 bits per heavy atom. The maximum atomic E-state index is 9.90. The molecule has 5 heteroatoms. The summed E-state index contributed by atoms with van der Waals surface area (Å²) >= 11 is 0. The monoisotopic (exact) mass is 260 g/mol. The molecule has 2 aliphatic heterocycles. The number of aliphatic hydroxyl groups excluding tert-OH is 1. The zero-order valence-electron chi connectivity index (χ0n) is 11.4. The van der Waals surface area contributed by atoms with Crippen molar-refractivity contribution >= 4 is 0 Å². The molecule has 5 nitrogen and oxygen atoms in total. The fourth-order valence-corrected chi connectivity index (χ4v) is 2.44. The van der Waals surface area contributed by atoms with Gasteiger partial charge in [0.1, 0.15) is 6.10 Å². The van der Waals surface area contributed by atoms with E-state index in [1.165, 1.54) is 0 Å². The Hall–Kier alpha value is -0.200. The highest BCUT2D eigenvalue weighted by atomic mass is 16.8. The van der Waals surface area contributed by atoms with Gasteiger partial charge in [-0.25, -0.2) is 0 Å². The second-order valence-electron chi connectivity index (χ2n) is 5.45. The van der Waals surface area contributed by atoms with E-state index in [1.807, 2.05) is 13.8 Å². The Labute approximate surface area is 108 Å². The summed E-state index contributed by atoms with van der Waals surface area (Å²) < 4.78 is 22.4. The van der Waals surface area contributed by atoms with E-state index >= 15 is 0 Å². The molecular weight excluding hydrogens is 236 g/mol. The van der Waals surface area contributed by atoms with Crippen LogP contribution < -0.4 is 0 Å². The van der Waals surface area contributed by atoms with Crippen LogP contribution in [0.4, 0.5) is 0 Å². The summed E-state index contributed by atoms with van der Waals surface area (Å²) in [5, 5.41) is 9.90. The Kier molecular flexibility index (Phi) is 4.61. The van der Waals surface area contributed by atoms with Crippen LogP contribution in [0.25, 0.3) is 0 Å². The lowest BCUT2D eigenvalue weighted by Gasteiger charge is -2.33. The van der Waals surface area contributed by atoms with Crippen molar-refractivity contribution in [2.24, 2.45) is 0 Å². The molecule has 1 N–H and O–H groups in total. The molecule has 0 aliphatic carbocycles.